The first-order valence-corrected chi connectivity index (χ1v) is 10.7. The molecule has 2 heterocycles. The number of aryl methyl sites for hydroxylation is 1. The first kappa shape index (κ1) is 19.4. The lowest BCUT2D eigenvalue weighted by atomic mass is 10.2. The Balaban J connectivity index is 1.66. The zero-order valence-corrected chi connectivity index (χ0v) is 17.5. The molecule has 29 heavy (non-hydrogen) atoms. The molecule has 2 aromatic heterocycles. The number of hydrogen-bond donors (Lipinski definition) is 1. The van der Waals surface area contributed by atoms with Crippen molar-refractivity contribution < 1.29 is 9.53 Å². The second-order valence-corrected chi connectivity index (χ2v) is 8.39. The lowest BCUT2D eigenvalue weighted by molar-refractivity contribution is -0.113. The number of anilines is 1. The number of nitrogens with zero attached hydrogens (tertiary/aromatic N) is 3. The average molecular weight is 423 g/mol. The van der Waals surface area contributed by atoms with Crippen LogP contribution >= 0.6 is 23.1 Å². The van der Waals surface area contributed by atoms with E-state index in [9.17, 15) is 4.79 Å². The fraction of sp³-hybridized carbons (Fsp3) is 0.143. The molecule has 6 nitrogen and oxygen atoms in total. The van der Waals surface area contributed by atoms with Gasteiger partial charge in [-0.1, -0.05) is 48.2 Å². The Bertz CT molecular complexity index is 1160. The molecular weight excluding hydrogens is 404 g/mol. The summed E-state index contributed by atoms with van der Waals surface area (Å²) in [5, 5.41) is 5.02. The van der Waals surface area contributed by atoms with Gasteiger partial charge in [0, 0.05) is 22.0 Å². The van der Waals surface area contributed by atoms with Crippen molar-refractivity contribution in [3.63, 3.8) is 0 Å². The zero-order valence-electron chi connectivity index (χ0n) is 15.9. The fourth-order valence-corrected chi connectivity index (χ4v) is 4.28. The maximum absolute atomic E-state index is 12.4. The van der Waals surface area contributed by atoms with E-state index in [1.807, 2.05) is 55.5 Å². The summed E-state index contributed by atoms with van der Waals surface area (Å²) in [6.45, 7) is 1.95. The van der Waals surface area contributed by atoms with Gasteiger partial charge in [0.2, 0.25) is 5.91 Å². The van der Waals surface area contributed by atoms with E-state index in [2.05, 4.69) is 10.3 Å². The van der Waals surface area contributed by atoms with Crippen LogP contribution in [-0.2, 0) is 4.79 Å². The highest BCUT2D eigenvalue weighted by atomic mass is 32.2. The van der Waals surface area contributed by atoms with Gasteiger partial charge in [0.05, 0.1) is 12.9 Å². The first-order chi connectivity index (χ1) is 14.1. The Morgan fingerprint density at radius 3 is 2.69 bits per heavy atom. The molecule has 0 saturated carbocycles. The smallest absolute Gasteiger partial charge is 0.236 e. The number of aromatic nitrogens is 3. The molecule has 0 unspecified atom stereocenters. The standard InChI is InChI=1S/C21H18N4O2S2/c1-13-11-22-21(29-13)23-17(26)12-28-20-15-9-6-10-16(27-2)18(15)24-19(25-20)14-7-4-3-5-8-14/h3-11H,12H2,1-2H3,(H,22,23,26). The number of carbonyl (C=O) groups is 1. The molecule has 0 aliphatic carbocycles. The molecule has 0 radical (unpaired) electrons. The number of ether oxygens (including phenoxy) is 1. The summed E-state index contributed by atoms with van der Waals surface area (Å²) in [5.41, 5.74) is 1.63. The number of thiazole rings is 1. The highest BCUT2D eigenvalue weighted by molar-refractivity contribution is 8.00. The molecule has 0 bridgehead atoms. The number of thioether (sulfide) groups is 1. The van der Waals surface area contributed by atoms with Crippen molar-refractivity contribution in [3.05, 3.63) is 59.6 Å². The second kappa shape index (κ2) is 8.59. The Kier molecular flexibility index (Phi) is 5.73. The van der Waals surface area contributed by atoms with Crippen LogP contribution in [0.5, 0.6) is 5.75 Å². The van der Waals surface area contributed by atoms with E-state index in [0.29, 0.717) is 16.7 Å². The van der Waals surface area contributed by atoms with E-state index in [-0.39, 0.29) is 11.7 Å². The predicted molar refractivity (Wildman–Crippen MR) is 118 cm³/mol. The molecule has 2 aromatic carbocycles. The number of hydrogen-bond acceptors (Lipinski definition) is 7. The van der Waals surface area contributed by atoms with Crippen LogP contribution in [0.3, 0.4) is 0 Å². The molecule has 4 rings (SSSR count). The van der Waals surface area contributed by atoms with Crippen LogP contribution < -0.4 is 10.1 Å². The van der Waals surface area contributed by atoms with Crippen LogP contribution in [-0.4, -0.2) is 33.7 Å². The minimum atomic E-state index is -0.125. The monoisotopic (exact) mass is 422 g/mol. The Morgan fingerprint density at radius 1 is 1.14 bits per heavy atom. The number of rotatable bonds is 6. The third kappa shape index (κ3) is 4.38. The maximum atomic E-state index is 12.4. The van der Waals surface area contributed by atoms with Gasteiger partial charge in [-0.15, -0.1) is 11.3 Å². The summed E-state index contributed by atoms with van der Waals surface area (Å²) in [6, 6.07) is 15.5. The van der Waals surface area contributed by atoms with E-state index < -0.39 is 0 Å². The Hall–Kier alpha value is -2.97. The van der Waals surface area contributed by atoms with Crippen molar-refractivity contribution in [1.29, 1.82) is 0 Å². The van der Waals surface area contributed by atoms with E-state index in [0.717, 1.165) is 26.4 Å². The highest BCUT2D eigenvalue weighted by Crippen LogP contribution is 2.33. The van der Waals surface area contributed by atoms with Gasteiger partial charge in [-0.3, -0.25) is 4.79 Å². The van der Waals surface area contributed by atoms with E-state index in [1.54, 1.807) is 13.3 Å². The van der Waals surface area contributed by atoms with Crippen LogP contribution in [0, 0.1) is 6.92 Å². The van der Waals surface area contributed by atoms with Gasteiger partial charge in [0.1, 0.15) is 16.3 Å². The van der Waals surface area contributed by atoms with Crippen LogP contribution in [0.1, 0.15) is 4.88 Å². The van der Waals surface area contributed by atoms with E-state index >= 15 is 0 Å². The summed E-state index contributed by atoms with van der Waals surface area (Å²) in [7, 11) is 1.62. The molecule has 8 heteroatoms. The van der Waals surface area contributed by atoms with Gasteiger partial charge in [0.15, 0.2) is 11.0 Å². The predicted octanol–water partition coefficient (Wildman–Crippen LogP) is 4.80. The van der Waals surface area contributed by atoms with Gasteiger partial charge >= 0.3 is 0 Å². The van der Waals surface area contributed by atoms with Gasteiger partial charge in [-0.25, -0.2) is 15.0 Å². The topological polar surface area (TPSA) is 77.0 Å². The normalized spacial score (nSPS) is 10.8. The number of amides is 1. The largest absolute Gasteiger partial charge is 0.494 e. The van der Waals surface area contributed by atoms with Gasteiger partial charge in [0.25, 0.3) is 0 Å². The lowest BCUT2D eigenvalue weighted by Crippen LogP contribution is -2.14. The van der Waals surface area contributed by atoms with Crippen LogP contribution in [0.15, 0.2) is 59.8 Å². The molecule has 0 atom stereocenters. The summed E-state index contributed by atoms with van der Waals surface area (Å²) in [6.07, 6.45) is 1.74. The van der Waals surface area contributed by atoms with Gasteiger partial charge in [-0.2, -0.15) is 0 Å². The minimum absolute atomic E-state index is 0.125. The lowest BCUT2D eigenvalue weighted by Gasteiger charge is -2.11. The molecule has 1 amide bonds. The van der Waals surface area contributed by atoms with Crippen molar-refractivity contribution in [2.45, 2.75) is 11.9 Å². The third-order valence-corrected chi connectivity index (χ3v) is 5.93. The maximum Gasteiger partial charge on any atom is 0.236 e. The number of benzene rings is 2. The molecule has 0 spiro atoms. The van der Waals surface area contributed by atoms with Crippen LogP contribution in [0.2, 0.25) is 0 Å². The summed E-state index contributed by atoms with van der Waals surface area (Å²) in [5.74, 6) is 1.36. The Morgan fingerprint density at radius 2 is 1.97 bits per heavy atom. The van der Waals surface area contributed by atoms with E-state index in [4.69, 9.17) is 14.7 Å². The molecule has 0 fully saturated rings. The minimum Gasteiger partial charge on any atom is -0.494 e. The quantitative estimate of drug-likeness (QED) is 0.355. The summed E-state index contributed by atoms with van der Waals surface area (Å²) in [4.78, 5) is 27.0. The number of carbonyl (C=O) groups excluding carboxylic acids is 1. The molecular formula is C21H18N4O2S2. The fourth-order valence-electron chi connectivity index (χ4n) is 2.79. The number of nitrogens with one attached hydrogen (secondary N) is 1. The Labute approximate surface area is 176 Å². The first-order valence-electron chi connectivity index (χ1n) is 8.89. The van der Waals surface area contributed by atoms with Crippen molar-refractivity contribution in [3.8, 4) is 17.1 Å². The van der Waals surface area contributed by atoms with Crippen LogP contribution in [0.25, 0.3) is 22.3 Å². The van der Waals surface area contributed by atoms with Crippen molar-refractivity contribution in [2.75, 3.05) is 18.2 Å². The molecule has 0 aliphatic heterocycles. The summed E-state index contributed by atoms with van der Waals surface area (Å²) < 4.78 is 5.49. The third-order valence-electron chi connectivity index (χ3n) is 4.11. The highest BCUT2D eigenvalue weighted by Gasteiger charge is 2.15. The average Bonchev–Trinajstić information content (AvgIpc) is 3.16. The van der Waals surface area contributed by atoms with E-state index in [1.165, 1.54) is 23.1 Å². The van der Waals surface area contributed by atoms with Crippen molar-refractivity contribution >= 4 is 45.0 Å². The second-order valence-electron chi connectivity index (χ2n) is 6.19. The summed E-state index contributed by atoms with van der Waals surface area (Å²) >= 11 is 2.82. The molecule has 4 aromatic rings. The molecule has 0 aliphatic rings. The van der Waals surface area contributed by atoms with Crippen molar-refractivity contribution in [1.82, 2.24) is 15.0 Å². The SMILES string of the molecule is COc1cccc2c(SCC(=O)Nc3ncc(C)s3)nc(-c3ccccc3)nc12. The molecule has 146 valence electrons. The van der Waals surface area contributed by atoms with Gasteiger partial charge < -0.3 is 10.1 Å². The van der Waals surface area contributed by atoms with Crippen LogP contribution in [0.4, 0.5) is 5.13 Å². The number of para-hydroxylation sites is 1. The van der Waals surface area contributed by atoms with Crippen molar-refractivity contribution in [2.24, 2.45) is 0 Å². The zero-order chi connectivity index (χ0) is 20.2. The molecule has 0 saturated heterocycles. The number of fused-ring (bicyclic) bond motifs is 1. The molecule has 1 N–H and O–H groups in total. The van der Waals surface area contributed by atoms with Gasteiger partial charge in [-0.05, 0) is 19.1 Å². The number of methoxy groups -OCH3 is 1.